The van der Waals surface area contributed by atoms with Crippen LogP contribution in [-0.4, -0.2) is 37.8 Å². The Morgan fingerprint density at radius 1 is 1.64 bits per heavy atom. The fourth-order valence-corrected chi connectivity index (χ4v) is 2.47. The van der Waals surface area contributed by atoms with Crippen molar-refractivity contribution in [3.05, 3.63) is 0 Å². The summed E-state index contributed by atoms with van der Waals surface area (Å²) in [5, 5.41) is -0.397. The molecule has 0 saturated carbocycles. The van der Waals surface area contributed by atoms with Gasteiger partial charge in [-0.1, -0.05) is 0 Å². The van der Waals surface area contributed by atoms with Gasteiger partial charge in [-0.2, -0.15) is 18.6 Å². The Bertz CT molecular complexity index is 296. The maximum atomic E-state index is 12.2. The van der Waals surface area contributed by atoms with Crippen molar-refractivity contribution in [1.29, 1.82) is 0 Å². The molecule has 0 aromatic carbocycles. The Labute approximate surface area is 80.4 Å². The summed E-state index contributed by atoms with van der Waals surface area (Å²) < 4.78 is 46.9. The van der Waals surface area contributed by atoms with Crippen molar-refractivity contribution < 1.29 is 17.2 Å². The Balaban J connectivity index is 2.76. The van der Waals surface area contributed by atoms with Crippen LogP contribution in [0.15, 0.2) is 0 Å². The van der Waals surface area contributed by atoms with E-state index in [-0.39, 0.29) is 6.54 Å². The molecule has 1 aliphatic rings. The minimum Gasteiger partial charge on any atom is -0.258 e. The highest BCUT2D eigenvalue weighted by Gasteiger charge is 2.40. The van der Waals surface area contributed by atoms with E-state index in [1.54, 1.807) is 4.83 Å². The first kappa shape index (κ1) is 11.7. The molecule has 4 N–H and O–H groups in total. The summed E-state index contributed by atoms with van der Waals surface area (Å²) in [6, 6.07) is -0.593. The first-order valence-electron chi connectivity index (χ1n) is 3.90. The number of hydrazine groups is 2. The van der Waals surface area contributed by atoms with E-state index in [1.807, 2.05) is 0 Å². The molecule has 2 atom stereocenters. The quantitative estimate of drug-likeness (QED) is 0.314. The van der Waals surface area contributed by atoms with E-state index in [4.69, 9.17) is 5.84 Å². The predicted molar refractivity (Wildman–Crippen MR) is 45.3 cm³/mol. The van der Waals surface area contributed by atoms with E-state index >= 15 is 0 Å². The van der Waals surface area contributed by atoms with Crippen LogP contribution >= 0.6 is 0 Å². The van der Waals surface area contributed by atoms with Crippen LogP contribution in [0.4, 0.5) is 8.78 Å². The predicted octanol–water partition coefficient (Wildman–Crippen LogP) is -1.42. The van der Waals surface area contributed by atoms with Gasteiger partial charge in [0.05, 0.1) is 0 Å². The van der Waals surface area contributed by atoms with Crippen LogP contribution < -0.4 is 16.1 Å². The van der Waals surface area contributed by atoms with Gasteiger partial charge in [0.1, 0.15) is 5.25 Å². The molecule has 6 nitrogen and oxygen atoms in total. The molecule has 0 aromatic rings. The van der Waals surface area contributed by atoms with Crippen molar-refractivity contribution in [2.75, 3.05) is 6.54 Å². The third-order valence-corrected chi connectivity index (χ3v) is 3.79. The molecule has 1 aliphatic heterocycles. The standard InChI is InChI=1S/C5H12F2N4O2S/c1-3-4(14(12,13)10-8)2-11(9-3)5(6)7/h3-5,9-10H,2,8H2,1H3. The van der Waals surface area contributed by atoms with Gasteiger partial charge >= 0.3 is 6.55 Å². The molecule has 0 aromatic heterocycles. The first-order chi connectivity index (χ1) is 6.38. The van der Waals surface area contributed by atoms with Crippen molar-refractivity contribution in [2.45, 2.75) is 24.8 Å². The molecule has 0 spiro atoms. The normalized spacial score (nSPS) is 30.1. The van der Waals surface area contributed by atoms with Gasteiger partial charge in [0.2, 0.25) is 10.0 Å². The maximum absolute atomic E-state index is 12.2. The van der Waals surface area contributed by atoms with E-state index in [9.17, 15) is 17.2 Å². The summed E-state index contributed by atoms with van der Waals surface area (Å²) in [5.41, 5.74) is 2.35. The van der Waals surface area contributed by atoms with Crippen LogP contribution in [-0.2, 0) is 10.0 Å². The lowest BCUT2D eigenvalue weighted by molar-refractivity contribution is -0.0435. The Hall–Kier alpha value is -0.350. The molecular formula is C5H12F2N4O2S. The Morgan fingerprint density at radius 2 is 2.21 bits per heavy atom. The monoisotopic (exact) mass is 230 g/mol. The van der Waals surface area contributed by atoms with E-state index in [2.05, 4.69) is 5.43 Å². The van der Waals surface area contributed by atoms with Gasteiger partial charge in [-0.25, -0.2) is 13.8 Å². The number of hydrogen-bond acceptors (Lipinski definition) is 5. The SMILES string of the molecule is CC1NN(C(F)F)CC1S(=O)(=O)NN. The highest BCUT2D eigenvalue weighted by molar-refractivity contribution is 7.90. The van der Waals surface area contributed by atoms with Crippen LogP contribution in [0, 0.1) is 0 Å². The van der Waals surface area contributed by atoms with Crippen molar-refractivity contribution in [3.63, 3.8) is 0 Å². The van der Waals surface area contributed by atoms with Crippen LogP contribution in [0.3, 0.4) is 0 Å². The molecule has 9 heteroatoms. The van der Waals surface area contributed by atoms with Gasteiger partial charge < -0.3 is 0 Å². The zero-order valence-corrected chi connectivity index (χ0v) is 8.26. The lowest BCUT2D eigenvalue weighted by Crippen LogP contribution is -2.44. The second kappa shape index (κ2) is 4.03. The molecule has 2 unspecified atom stereocenters. The van der Waals surface area contributed by atoms with Crippen LogP contribution in [0.5, 0.6) is 0 Å². The number of nitrogens with zero attached hydrogens (tertiary/aromatic N) is 1. The summed E-state index contributed by atoms with van der Waals surface area (Å²) in [4.78, 5) is 1.63. The second-order valence-corrected chi connectivity index (χ2v) is 4.98. The van der Waals surface area contributed by atoms with Gasteiger partial charge in [-0.05, 0) is 6.92 Å². The molecule has 1 saturated heterocycles. The summed E-state index contributed by atoms with van der Waals surface area (Å²) in [6.45, 7) is -1.51. The van der Waals surface area contributed by atoms with Gasteiger partial charge in [0.25, 0.3) is 0 Å². The van der Waals surface area contributed by atoms with E-state index in [0.29, 0.717) is 5.01 Å². The number of halogens is 2. The fourth-order valence-electron chi connectivity index (χ4n) is 1.34. The minimum atomic E-state index is -3.72. The van der Waals surface area contributed by atoms with Crippen LogP contribution in [0.1, 0.15) is 6.92 Å². The third kappa shape index (κ3) is 2.17. The average molecular weight is 230 g/mol. The molecular weight excluding hydrogens is 218 g/mol. The zero-order chi connectivity index (χ0) is 10.9. The Morgan fingerprint density at radius 3 is 2.57 bits per heavy atom. The highest BCUT2D eigenvalue weighted by Crippen LogP contribution is 2.16. The number of rotatable bonds is 3. The van der Waals surface area contributed by atoms with E-state index in [1.165, 1.54) is 6.92 Å². The number of hydrogen-bond donors (Lipinski definition) is 3. The maximum Gasteiger partial charge on any atom is 0.306 e. The van der Waals surface area contributed by atoms with Crippen molar-refractivity contribution in [1.82, 2.24) is 15.3 Å². The molecule has 0 amide bonds. The molecule has 0 bridgehead atoms. The number of alkyl halides is 2. The third-order valence-electron chi connectivity index (χ3n) is 2.10. The first-order valence-corrected chi connectivity index (χ1v) is 5.45. The minimum absolute atomic E-state index is 0.286. The second-order valence-electron chi connectivity index (χ2n) is 3.05. The lowest BCUT2D eigenvalue weighted by atomic mass is 10.3. The lowest BCUT2D eigenvalue weighted by Gasteiger charge is -2.13. The van der Waals surface area contributed by atoms with Gasteiger partial charge in [0.15, 0.2) is 0 Å². The van der Waals surface area contributed by atoms with Crippen molar-refractivity contribution in [2.24, 2.45) is 5.84 Å². The Kier molecular flexibility index (Phi) is 3.37. The molecule has 0 aliphatic carbocycles. The fraction of sp³-hybridized carbons (Fsp3) is 1.00. The molecule has 1 heterocycles. The van der Waals surface area contributed by atoms with E-state index in [0.717, 1.165) is 0 Å². The summed E-state index contributed by atoms with van der Waals surface area (Å²) >= 11 is 0. The van der Waals surface area contributed by atoms with Crippen molar-refractivity contribution >= 4 is 10.0 Å². The molecule has 0 radical (unpaired) electrons. The molecule has 14 heavy (non-hydrogen) atoms. The summed E-state index contributed by atoms with van der Waals surface area (Å²) in [5.74, 6) is 4.80. The van der Waals surface area contributed by atoms with E-state index < -0.39 is 27.9 Å². The smallest absolute Gasteiger partial charge is 0.258 e. The number of nitrogens with one attached hydrogen (secondary N) is 2. The zero-order valence-electron chi connectivity index (χ0n) is 7.44. The van der Waals surface area contributed by atoms with Crippen LogP contribution in [0.25, 0.3) is 0 Å². The number of nitrogens with two attached hydrogens (primary N) is 1. The molecule has 1 fully saturated rings. The molecule has 1 rings (SSSR count). The van der Waals surface area contributed by atoms with Crippen molar-refractivity contribution in [3.8, 4) is 0 Å². The summed E-state index contributed by atoms with van der Waals surface area (Å²) in [6.07, 6.45) is 0. The van der Waals surface area contributed by atoms with Gasteiger partial charge in [0, 0.05) is 12.6 Å². The van der Waals surface area contributed by atoms with Gasteiger partial charge in [-0.3, -0.25) is 5.84 Å². The van der Waals surface area contributed by atoms with Gasteiger partial charge in [-0.15, -0.1) is 0 Å². The average Bonchev–Trinajstić information content (AvgIpc) is 2.48. The van der Waals surface area contributed by atoms with Crippen LogP contribution in [0.2, 0.25) is 0 Å². The topological polar surface area (TPSA) is 87.5 Å². The number of sulfonamides is 1. The summed E-state index contributed by atoms with van der Waals surface area (Å²) in [7, 11) is -3.72. The highest BCUT2D eigenvalue weighted by atomic mass is 32.2. The molecule has 84 valence electrons. The largest absolute Gasteiger partial charge is 0.306 e.